The van der Waals surface area contributed by atoms with Gasteiger partial charge in [-0.2, -0.15) is 0 Å². The Morgan fingerprint density at radius 2 is 2.44 bits per heavy atom. The molecule has 1 atom stereocenters. The van der Waals surface area contributed by atoms with Crippen LogP contribution in [0.5, 0.6) is 0 Å². The minimum atomic E-state index is -1.04. The van der Waals surface area contributed by atoms with E-state index in [1.54, 1.807) is 10.5 Å². The molecule has 0 saturated carbocycles. The third-order valence-electron chi connectivity index (χ3n) is 3.35. The molecular formula is C12H14N4O2. The Kier molecular flexibility index (Phi) is 2.45. The topological polar surface area (TPSA) is 92.7 Å². The first-order valence-corrected chi connectivity index (χ1v) is 5.89. The van der Waals surface area contributed by atoms with Crippen LogP contribution in [0.2, 0.25) is 0 Å². The van der Waals surface area contributed by atoms with E-state index in [4.69, 9.17) is 5.73 Å². The molecule has 0 amide bonds. The largest absolute Gasteiger partial charge is 0.476 e. The van der Waals surface area contributed by atoms with E-state index in [2.05, 4.69) is 10.3 Å². The maximum absolute atomic E-state index is 11.2. The first-order valence-electron chi connectivity index (χ1n) is 5.89. The van der Waals surface area contributed by atoms with Crippen LogP contribution in [0.3, 0.4) is 0 Å². The maximum atomic E-state index is 11.2. The van der Waals surface area contributed by atoms with E-state index in [1.807, 2.05) is 12.3 Å². The highest BCUT2D eigenvalue weighted by Crippen LogP contribution is 2.27. The summed E-state index contributed by atoms with van der Waals surface area (Å²) < 4.78 is 1.80. The minimum Gasteiger partial charge on any atom is -0.476 e. The molecule has 0 bridgehead atoms. The van der Waals surface area contributed by atoms with Gasteiger partial charge in [0.05, 0.1) is 5.69 Å². The number of nitrogens with one attached hydrogen (secondary N) is 1. The molecule has 6 nitrogen and oxygen atoms in total. The number of carboxylic acids is 1. The molecule has 1 aliphatic rings. The number of pyridine rings is 1. The van der Waals surface area contributed by atoms with E-state index < -0.39 is 5.97 Å². The van der Waals surface area contributed by atoms with Gasteiger partial charge in [0.15, 0.2) is 5.69 Å². The normalized spacial score (nSPS) is 19.4. The van der Waals surface area contributed by atoms with Gasteiger partial charge in [-0.1, -0.05) is 0 Å². The van der Waals surface area contributed by atoms with Gasteiger partial charge in [0.1, 0.15) is 11.3 Å². The van der Waals surface area contributed by atoms with Crippen molar-refractivity contribution >= 4 is 17.2 Å². The molecule has 94 valence electrons. The number of carboxylic acid groups (broad SMARTS) is 1. The molecule has 18 heavy (non-hydrogen) atoms. The maximum Gasteiger partial charge on any atom is 0.356 e. The lowest BCUT2D eigenvalue weighted by molar-refractivity contribution is 0.0693. The number of aromatic nitrogens is 2. The molecule has 6 heteroatoms. The van der Waals surface area contributed by atoms with E-state index in [0.717, 1.165) is 25.3 Å². The van der Waals surface area contributed by atoms with E-state index in [-0.39, 0.29) is 11.6 Å². The molecule has 4 N–H and O–H groups in total. The third kappa shape index (κ3) is 1.53. The Morgan fingerprint density at radius 3 is 3.11 bits per heavy atom. The first-order chi connectivity index (χ1) is 8.68. The van der Waals surface area contributed by atoms with Crippen molar-refractivity contribution in [3.8, 4) is 0 Å². The Morgan fingerprint density at radius 1 is 1.61 bits per heavy atom. The molecule has 0 aromatic carbocycles. The van der Waals surface area contributed by atoms with Crippen LogP contribution in [-0.4, -0.2) is 33.6 Å². The minimum absolute atomic E-state index is 0.0370. The second-order valence-corrected chi connectivity index (χ2v) is 4.50. The van der Waals surface area contributed by atoms with Crippen LogP contribution in [0.1, 0.15) is 28.7 Å². The van der Waals surface area contributed by atoms with Crippen molar-refractivity contribution in [1.29, 1.82) is 0 Å². The third-order valence-corrected chi connectivity index (χ3v) is 3.35. The van der Waals surface area contributed by atoms with Gasteiger partial charge in [0, 0.05) is 18.7 Å². The van der Waals surface area contributed by atoms with E-state index >= 15 is 0 Å². The summed E-state index contributed by atoms with van der Waals surface area (Å²) >= 11 is 0. The summed E-state index contributed by atoms with van der Waals surface area (Å²) in [5, 5.41) is 12.5. The van der Waals surface area contributed by atoms with Crippen LogP contribution < -0.4 is 11.1 Å². The molecule has 1 saturated heterocycles. The Bertz CT molecular complexity index is 614. The fourth-order valence-electron chi connectivity index (χ4n) is 2.50. The Balaban J connectivity index is 2.26. The predicted molar refractivity (Wildman–Crippen MR) is 66.8 cm³/mol. The lowest BCUT2D eigenvalue weighted by Crippen LogP contribution is -2.10. The number of imidazole rings is 1. The number of nitrogen functional groups attached to an aromatic ring is 1. The molecule has 3 heterocycles. The second-order valence-electron chi connectivity index (χ2n) is 4.50. The first kappa shape index (κ1) is 11.0. The highest BCUT2D eigenvalue weighted by molar-refractivity contribution is 5.97. The number of hydrogen-bond acceptors (Lipinski definition) is 4. The van der Waals surface area contributed by atoms with Crippen LogP contribution in [0.15, 0.2) is 18.3 Å². The SMILES string of the molecule is Nc1cccn2c(C3CCNC3)nc(C(=O)O)c12. The van der Waals surface area contributed by atoms with Crippen LogP contribution in [0.25, 0.3) is 5.52 Å². The number of anilines is 1. The zero-order chi connectivity index (χ0) is 12.7. The van der Waals surface area contributed by atoms with Gasteiger partial charge in [-0.05, 0) is 25.1 Å². The molecule has 3 rings (SSSR count). The number of aromatic carboxylic acids is 1. The molecule has 0 radical (unpaired) electrons. The molecule has 2 aromatic rings. The second kappa shape index (κ2) is 3.99. The van der Waals surface area contributed by atoms with Gasteiger partial charge < -0.3 is 20.6 Å². The lowest BCUT2D eigenvalue weighted by atomic mass is 10.1. The van der Waals surface area contributed by atoms with Crippen LogP contribution in [-0.2, 0) is 0 Å². The van der Waals surface area contributed by atoms with E-state index in [9.17, 15) is 9.90 Å². The van der Waals surface area contributed by atoms with Crippen LogP contribution >= 0.6 is 0 Å². The number of fused-ring (bicyclic) bond motifs is 1. The predicted octanol–water partition coefficient (Wildman–Crippen LogP) is 0.692. The number of carbonyl (C=O) groups is 1. The molecule has 1 fully saturated rings. The Hall–Kier alpha value is -2.08. The number of nitrogens with two attached hydrogens (primary N) is 1. The zero-order valence-electron chi connectivity index (χ0n) is 9.76. The fraction of sp³-hybridized carbons (Fsp3) is 0.333. The van der Waals surface area contributed by atoms with Crippen LogP contribution in [0.4, 0.5) is 5.69 Å². The Labute approximate surface area is 103 Å². The quantitative estimate of drug-likeness (QED) is 0.725. The number of nitrogens with zero attached hydrogens (tertiary/aromatic N) is 2. The highest BCUT2D eigenvalue weighted by atomic mass is 16.4. The van der Waals surface area contributed by atoms with Gasteiger partial charge in [-0.15, -0.1) is 0 Å². The van der Waals surface area contributed by atoms with Gasteiger partial charge in [-0.3, -0.25) is 0 Å². The van der Waals surface area contributed by atoms with Crippen LogP contribution in [0, 0.1) is 0 Å². The summed E-state index contributed by atoms with van der Waals surface area (Å²) in [6.45, 7) is 1.76. The van der Waals surface area contributed by atoms with Crippen molar-refractivity contribution in [3.63, 3.8) is 0 Å². The molecular weight excluding hydrogens is 232 g/mol. The van der Waals surface area contributed by atoms with Crippen molar-refractivity contribution < 1.29 is 9.90 Å². The lowest BCUT2D eigenvalue weighted by Gasteiger charge is -2.07. The van der Waals surface area contributed by atoms with Gasteiger partial charge in [-0.25, -0.2) is 9.78 Å². The number of rotatable bonds is 2. The summed E-state index contributed by atoms with van der Waals surface area (Å²) in [5.41, 5.74) is 6.84. The van der Waals surface area contributed by atoms with E-state index in [0.29, 0.717) is 11.2 Å². The van der Waals surface area contributed by atoms with Crippen molar-refractivity contribution in [2.75, 3.05) is 18.8 Å². The van der Waals surface area contributed by atoms with Gasteiger partial charge in [0.2, 0.25) is 0 Å². The fourth-order valence-corrected chi connectivity index (χ4v) is 2.50. The van der Waals surface area contributed by atoms with Gasteiger partial charge in [0.25, 0.3) is 0 Å². The average Bonchev–Trinajstić information content (AvgIpc) is 2.95. The monoisotopic (exact) mass is 246 g/mol. The van der Waals surface area contributed by atoms with E-state index in [1.165, 1.54) is 0 Å². The van der Waals surface area contributed by atoms with Crippen molar-refractivity contribution in [2.24, 2.45) is 0 Å². The van der Waals surface area contributed by atoms with Crippen molar-refractivity contribution in [2.45, 2.75) is 12.3 Å². The molecule has 0 aliphatic carbocycles. The van der Waals surface area contributed by atoms with Crippen molar-refractivity contribution in [1.82, 2.24) is 14.7 Å². The molecule has 2 aromatic heterocycles. The molecule has 0 spiro atoms. The standard InChI is InChI=1S/C12H14N4O2/c13-8-2-1-5-16-10(8)9(12(17)18)15-11(16)7-3-4-14-6-7/h1-2,5,7,14H,3-4,6,13H2,(H,17,18). The molecule has 1 unspecified atom stereocenters. The highest BCUT2D eigenvalue weighted by Gasteiger charge is 2.25. The summed E-state index contributed by atoms with van der Waals surface area (Å²) in [4.78, 5) is 15.5. The average molecular weight is 246 g/mol. The smallest absolute Gasteiger partial charge is 0.356 e. The summed E-state index contributed by atoms with van der Waals surface area (Å²) in [5.74, 6) is -0.0188. The summed E-state index contributed by atoms with van der Waals surface area (Å²) in [6, 6.07) is 3.50. The van der Waals surface area contributed by atoms with Crippen molar-refractivity contribution in [3.05, 3.63) is 29.8 Å². The van der Waals surface area contributed by atoms with Gasteiger partial charge >= 0.3 is 5.97 Å². The zero-order valence-corrected chi connectivity index (χ0v) is 9.76. The summed E-state index contributed by atoms with van der Waals surface area (Å²) in [6.07, 6.45) is 2.78. The number of hydrogen-bond donors (Lipinski definition) is 3. The molecule has 1 aliphatic heterocycles. The summed E-state index contributed by atoms with van der Waals surface area (Å²) in [7, 11) is 0.